The van der Waals surface area contributed by atoms with E-state index in [1.54, 1.807) is 12.1 Å². The number of benzene rings is 2. The summed E-state index contributed by atoms with van der Waals surface area (Å²) in [5.74, 6) is -1.03. The van der Waals surface area contributed by atoms with Crippen molar-refractivity contribution in [2.45, 2.75) is 19.1 Å². The minimum atomic E-state index is -1.03. The maximum absolute atomic E-state index is 11.0. The van der Waals surface area contributed by atoms with Crippen molar-refractivity contribution in [3.8, 4) is 10.6 Å². The van der Waals surface area contributed by atoms with E-state index >= 15 is 0 Å². The zero-order valence-electron chi connectivity index (χ0n) is 15.8. The van der Waals surface area contributed by atoms with Gasteiger partial charge in [0, 0.05) is 40.8 Å². The maximum atomic E-state index is 11.0. The van der Waals surface area contributed by atoms with Gasteiger partial charge in [-0.1, -0.05) is 35.9 Å². The van der Waals surface area contributed by atoms with Crippen LogP contribution < -0.4 is 10.6 Å². The Balaban J connectivity index is 1.52. The SMILES string of the molecule is C[C@H](CNc1cccc(-c2nc(C(=O)O)cs2)c1)NC[C@H](O)c1cccc(Cl)c1. The molecule has 1 heterocycles. The Labute approximate surface area is 178 Å². The Hall–Kier alpha value is -2.45. The summed E-state index contributed by atoms with van der Waals surface area (Å²) in [4.78, 5) is 15.1. The number of thiazole rings is 1. The van der Waals surface area contributed by atoms with Gasteiger partial charge in [-0.05, 0) is 36.8 Å². The molecule has 0 aliphatic heterocycles. The lowest BCUT2D eigenvalue weighted by molar-refractivity contribution is 0.0691. The van der Waals surface area contributed by atoms with E-state index in [0.717, 1.165) is 16.8 Å². The highest BCUT2D eigenvalue weighted by Gasteiger charge is 2.12. The fourth-order valence-electron chi connectivity index (χ4n) is 2.75. The highest BCUT2D eigenvalue weighted by atomic mass is 35.5. The Morgan fingerprint density at radius 2 is 2.00 bits per heavy atom. The molecule has 0 aliphatic carbocycles. The molecule has 4 N–H and O–H groups in total. The lowest BCUT2D eigenvalue weighted by Crippen LogP contribution is -2.35. The number of carbonyl (C=O) groups is 1. The molecule has 0 spiro atoms. The first-order valence-electron chi connectivity index (χ1n) is 9.12. The first-order chi connectivity index (χ1) is 13.9. The summed E-state index contributed by atoms with van der Waals surface area (Å²) in [5.41, 5.74) is 2.62. The number of carboxylic acids is 1. The molecular formula is C21H22ClN3O3S. The van der Waals surface area contributed by atoms with Crippen molar-refractivity contribution in [3.05, 3.63) is 70.2 Å². The summed E-state index contributed by atoms with van der Waals surface area (Å²) in [7, 11) is 0. The van der Waals surface area contributed by atoms with Gasteiger partial charge in [-0.25, -0.2) is 9.78 Å². The van der Waals surface area contributed by atoms with E-state index in [-0.39, 0.29) is 11.7 Å². The second-order valence-corrected chi connectivity index (χ2v) is 7.98. The zero-order chi connectivity index (χ0) is 20.8. The lowest BCUT2D eigenvalue weighted by atomic mass is 10.1. The van der Waals surface area contributed by atoms with Crippen molar-refractivity contribution in [1.29, 1.82) is 0 Å². The highest BCUT2D eigenvalue weighted by molar-refractivity contribution is 7.13. The number of hydrogen-bond acceptors (Lipinski definition) is 6. The van der Waals surface area contributed by atoms with E-state index in [4.69, 9.17) is 16.7 Å². The summed E-state index contributed by atoms with van der Waals surface area (Å²) in [5, 5.41) is 28.8. The number of aromatic carboxylic acids is 1. The van der Waals surface area contributed by atoms with Crippen LogP contribution in [0.1, 0.15) is 29.1 Å². The first-order valence-corrected chi connectivity index (χ1v) is 10.4. The third-order valence-electron chi connectivity index (χ3n) is 4.34. The van der Waals surface area contributed by atoms with E-state index in [1.807, 2.05) is 43.3 Å². The zero-order valence-corrected chi connectivity index (χ0v) is 17.4. The fraction of sp³-hybridized carbons (Fsp3) is 0.238. The van der Waals surface area contributed by atoms with Gasteiger partial charge in [0.25, 0.3) is 0 Å². The van der Waals surface area contributed by atoms with Crippen molar-refractivity contribution in [1.82, 2.24) is 10.3 Å². The molecule has 0 aliphatic rings. The van der Waals surface area contributed by atoms with Crippen LogP contribution in [0.5, 0.6) is 0 Å². The summed E-state index contributed by atoms with van der Waals surface area (Å²) >= 11 is 7.27. The van der Waals surface area contributed by atoms with Gasteiger partial charge in [0.1, 0.15) is 5.01 Å². The second kappa shape index (κ2) is 9.84. The molecule has 8 heteroatoms. The molecule has 0 unspecified atom stereocenters. The van der Waals surface area contributed by atoms with Crippen LogP contribution in [0.4, 0.5) is 5.69 Å². The Bertz CT molecular complexity index is 979. The van der Waals surface area contributed by atoms with Crippen molar-refractivity contribution < 1.29 is 15.0 Å². The Kier molecular flexibility index (Phi) is 7.22. The average Bonchev–Trinajstić information content (AvgIpc) is 3.21. The molecule has 3 aromatic rings. The summed E-state index contributed by atoms with van der Waals surface area (Å²) in [6.45, 7) is 3.10. The quantitative estimate of drug-likeness (QED) is 0.404. The topological polar surface area (TPSA) is 94.5 Å². The number of aliphatic hydroxyl groups is 1. The van der Waals surface area contributed by atoms with Gasteiger partial charge >= 0.3 is 5.97 Å². The predicted molar refractivity (Wildman–Crippen MR) is 117 cm³/mol. The molecule has 0 saturated carbocycles. The van der Waals surface area contributed by atoms with Crippen molar-refractivity contribution in [2.75, 3.05) is 18.4 Å². The van der Waals surface area contributed by atoms with Crippen LogP contribution in [-0.4, -0.2) is 40.3 Å². The molecule has 0 amide bonds. The van der Waals surface area contributed by atoms with Gasteiger partial charge < -0.3 is 20.8 Å². The van der Waals surface area contributed by atoms with Crippen LogP contribution in [0, 0.1) is 0 Å². The number of aliphatic hydroxyl groups excluding tert-OH is 1. The molecule has 29 heavy (non-hydrogen) atoms. The minimum Gasteiger partial charge on any atom is -0.476 e. The van der Waals surface area contributed by atoms with Gasteiger partial charge in [0.2, 0.25) is 0 Å². The van der Waals surface area contributed by atoms with E-state index in [1.165, 1.54) is 16.7 Å². The van der Waals surface area contributed by atoms with Crippen molar-refractivity contribution >= 4 is 34.6 Å². The van der Waals surface area contributed by atoms with Crippen LogP contribution in [0.3, 0.4) is 0 Å². The van der Waals surface area contributed by atoms with Crippen LogP contribution in [-0.2, 0) is 0 Å². The molecule has 0 saturated heterocycles. The molecular weight excluding hydrogens is 410 g/mol. The van der Waals surface area contributed by atoms with E-state index in [2.05, 4.69) is 15.6 Å². The Morgan fingerprint density at radius 3 is 2.72 bits per heavy atom. The Morgan fingerprint density at radius 1 is 1.21 bits per heavy atom. The number of carboxylic acid groups (broad SMARTS) is 1. The maximum Gasteiger partial charge on any atom is 0.355 e. The molecule has 6 nitrogen and oxygen atoms in total. The first kappa shape index (κ1) is 21.3. The van der Waals surface area contributed by atoms with Crippen LogP contribution in [0.2, 0.25) is 5.02 Å². The standard InChI is InChI=1S/C21H22ClN3O3S/c1-13(23-11-19(26)14-4-2-6-16(22)8-14)10-24-17-7-3-5-15(9-17)20-25-18(12-29-20)21(27)28/h2-9,12-13,19,23-24,26H,10-11H2,1H3,(H,27,28)/t13-,19+/m1/s1. The number of anilines is 1. The number of aromatic nitrogens is 1. The number of hydrogen-bond donors (Lipinski definition) is 4. The van der Waals surface area contributed by atoms with Gasteiger partial charge in [-0.15, -0.1) is 11.3 Å². The van der Waals surface area contributed by atoms with E-state index in [0.29, 0.717) is 23.1 Å². The molecule has 0 radical (unpaired) electrons. The minimum absolute atomic E-state index is 0.0550. The molecule has 2 aromatic carbocycles. The van der Waals surface area contributed by atoms with Crippen LogP contribution >= 0.6 is 22.9 Å². The van der Waals surface area contributed by atoms with E-state index < -0.39 is 12.1 Å². The third kappa shape index (κ3) is 6.01. The highest BCUT2D eigenvalue weighted by Crippen LogP contribution is 2.26. The number of halogens is 1. The van der Waals surface area contributed by atoms with Gasteiger partial charge in [-0.2, -0.15) is 0 Å². The molecule has 0 fully saturated rings. The molecule has 2 atom stereocenters. The van der Waals surface area contributed by atoms with E-state index in [9.17, 15) is 9.90 Å². The number of nitrogens with one attached hydrogen (secondary N) is 2. The second-order valence-electron chi connectivity index (χ2n) is 6.68. The molecule has 152 valence electrons. The van der Waals surface area contributed by atoms with Gasteiger partial charge in [0.15, 0.2) is 5.69 Å². The molecule has 0 bridgehead atoms. The summed E-state index contributed by atoms with van der Waals surface area (Å²) in [6.07, 6.45) is -0.632. The van der Waals surface area contributed by atoms with Crippen LogP contribution in [0.15, 0.2) is 53.9 Å². The van der Waals surface area contributed by atoms with Crippen LogP contribution in [0.25, 0.3) is 10.6 Å². The number of nitrogens with zero attached hydrogens (tertiary/aromatic N) is 1. The van der Waals surface area contributed by atoms with Crippen molar-refractivity contribution in [3.63, 3.8) is 0 Å². The summed E-state index contributed by atoms with van der Waals surface area (Å²) < 4.78 is 0. The number of rotatable bonds is 9. The van der Waals surface area contributed by atoms with Crippen molar-refractivity contribution in [2.24, 2.45) is 0 Å². The smallest absolute Gasteiger partial charge is 0.355 e. The molecule has 1 aromatic heterocycles. The normalized spacial score (nSPS) is 13.1. The average molecular weight is 432 g/mol. The molecule has 3 rings (SSSR count). The van der Waals surface area contributed by atoms with Gasteiger partial charge in [-0.3, -0.25) is 0 Å². The summed E-state index contributed by atoms with van der Waals surface area (Å²) in [6, 6.07) is 15.0. The monoisotopic (exact) mass is 431 g/mol. The third-order valence-corrected chi connectivity index (χ3v) is 5.46. The predicted octanol–water partition coefficient (Wildman–Crippen LogP) is 4.29. The fourth-order valence-corrected chi connectivity index (χ4v) is 3.74. The van der Waals surface area contributed by atoms with Gasteiger partial charge in [0.05, 0.1) is 6.10 Å². The lowest BCUT2D eigenvalue weighted by Gasteiger charge is -2.19. The largest absolute Gasteiger partial charge is 0.476 e.